The molecule has 5 nitrogen and oxygen atoms in total. The van der Waals surface area contributed by atoms with Crippen LogP contribution < -0.4 is 0 Å². The van der Waals surface area contributed by atoms with Crippen molar-refractivity contribution in [2.75, 3.05) is 0 Å². The highest BCUT2D eigenvalue weighted by atomic mass is 19.4. The summed E-state index contributed by atoms with van der Waals surface area (Å²) in [5.41, 5.74) is 2.63. The topological polar surface area (TPSA) is 59.6 Å². The van der Waals surface area contributed by atoms with Crippen molar-refractivity contribution in [1.82, 2.24) is 9.78 Å². The third kappa shape index (κ3) is 3.75. The van der Waals surface area contributed by atoms with Crippen LogP contribution >= 0.6 is 0 Å². The summed E-state index contributed by atoms with van der Waals surface area (Å²) in [4.78, 5) is 4.25. The lowest BCUT2D eigenvalue weighted by Crippen LogP contribution is -2.45. The first-order valence-electron chi connectivity index (χ1n) is 8.32. The van der Waals surface area contributed by atoms with E-state index in [4.69, 9.17) is 0 Å². The van der Waals surface area contributed by atoms with E-state index in [0.717, 1.165) is 17.8 Å². The van der Waals surface area contributed by atoms with E-state index in [1.165, 1.54) is 0 Å². The maximum absolute atomic E-state index is 12.8. The van der Waals surface area contributed by atoms with Crippen LogP contribution in [-0.2, 0) is 17.8 Å². The largest absolute Gasteiger partial charge is 0.458 e. The fraction of sp³-hybridized carbons (Fsp3) is 0.444. The van der Waals surface area contributed by atoms with E-state index >= 15 is 0 Å². The average molecular weight is 367 g/mol. The van der Waals surface area contributed by atoms with Gasteiger partial charge in [-0.25, -0.2) is 0 Å². The van der Waals surface area contributed by atoms with Gasteiger partial charge in [-0.05, 0) is 23.1 Å². The Hall–Kier alpha value is -2.35. The van der Waals surface area contributed by atoms with Crippen LogP contribution in [0.2, 0.25) is 0 Å². The van der Waals surface area contributed by atoms with Crippen LogP contribution in [-0.4, -0.2) is 32.6 Å². The molecule has 1 atom stereocenters. The van der Waals surface area contributed by atoms with E-state index in [1.54, 1.807) is 18.3 Å². The van der Waals surface area contributed by atoms with Gasteiger partial charge in [0.15, 0.2) is 0 Å². The molecule has 1 aromatic carbocycles. The molecule has 0 saturated carbocycles. The molecule has 0 fully saturated rings. The van der Waals surface area contributed by atoms with Crippen LogP contribution in [0.25, 0.3) is 0 Å². The number of hydrogen-bond donors (Lipinski definition) is 1. The zero-order chi connectivity index (χ0) is 18.9. The molecule has 1 N–H and O–H groups in total. The second kappa shape index (κ2) is 6.75. The van der Waals surface area contributed by atoms with Gasteiger partial charge in [0.1, 0.15) is 0 Å². The molecule has 140 valence electrons. The van der Waals surface area contributed by atoms with Crippen LogP contribution in [0.5, 0.6) is 0 Å². The molecule has 2 aromatic rings. The summed E-state index contributed by atoms with van der Waals surface area (Å²) in [7, 11) is 0. The zero-order valence-corrected chi connectivity index (χ0v) is 14.5. The first-order valence-corrected chi connectivity index (χ1v) is 8.32. The van der Waals surface area contributed by atoms with Gasteiger partial charge in [0.05, 0.1) is 12.1 Å². The smallest absolute Gasteiger partial charge is 0.350 e. The predicted molar refractivity (Wildman–Crippen MR) is 89.6 cm³/mol. The molecule has 0 amide bonds. The Bertz CT molecular complexity index is 797. The maximum Gasteiger partial charge on any atom is 0.458 e. The molecule has 0 spiro atoms. The van der Waals surface area contributed by atoms with Gasteiger partial charge in [-0.2, -0.15) is 18.3 Å². The van der Waals surface area contributed by atoms with Crippen molar-refractivity contribution in [3.05, 3.63) is 53.3 Å². The molecule has 1 aliphatic rings. The number of hydrogen-bond acceptors (Lipinski definition) is 4. The van der Waals surface area contributed by atoms with Crippen molar-refractivity contribution < 1.29 is 23.1 Å². The van der Waals surface area contributed by atoms with Crippen molar-refractivity contribution >= 4 is 5.71 Å². The number of aromatic nitrogens is 2. The summed E-state index contributed by atoms with van der Waals surface area (Å²) in [6, 6.07) is 8.98. The fourth-order valence-electron chi connectivity index (χ4n) is 2.77. The molecule has 1 unspecified atom stereocenters. The Labute approximate surface area is 149 Å². The van der Waals surface area contributed by atoms with Crippen molar-refractivity contribution in [2.24, 2.45) is 11.1 Å². The second-order valence-corrected chi connectivity index (χ2v) is 6.86. The Morgan fingerprint density at radius 2 is 1.92 bits per heavy atom. The summed E-state index contributed by atoms with van der Waals surface area (Å²) >= 11 is 0. The first kappa shape index (κ1) is 18.4. The van der Waals surface area contributed by atoms with E-state index < -0.39 is 18.4 Å². The van der Waals surface area contributed by atoms with Gasteiger partial charge in [0, 0.05) is 24.9 Å². The van der Waals surface area contributed by atoms with E-state index in [0.29, 0.717) is 17.9 Å². The Kier molecular flexibility index (Phi) is 4.79. The number of benzene rings is 1. The van der Waals surface area contributed by atoms with Crippen molar-refractivity contribution in [1.29, 1.82) is 0 Å². The number of aliphatic hydroxyl groups is 1. The molecule has 0 saturated heterocycles. The van der Waals surface area contributed by atoms with Gasteiger partial charge in [-0.15, -0.1) is 0 Å². The van der Waals surface area contributed by atoms with Crippen molar-refractivity contribution in [2.45, 2.75) is 45.2 Å². The van der Waals surface area contributed by atoms with Gasteiger partial charge >= 0.3 is 12.0 Å². The summed E-state index contributed by atoms with van der Waals surface area (Å²) in [6.45, 7) is 5.06. The molecule has 0 aliphatic carbocycles. The van der Waals surface area contributed by atoms with Gasteiger partial charge in [-0.3, -0.25) is 4.68 Å². The molecule has 3 rings (SSSR count). The highest BCUT2D eigenvalue weighted by Crippen LogP contribution is 2.38. The van der Waals surface area contributed by atoms with Crippen LogP contribution in [0.1, 0.15) is 37.1 Å². The number of nitrogens with zero attached hydrogens (tertiary/aromatic N) is 3. The number of halogens is 3. The number of alkyl halides is 3. The predicted octanol–water partition coefficient (Wildman–Crippen LogP) is 3.51. The minimum atomic E-state index is -4.90. The molecular weight excluding hydrogens is 347 g/mol. The third-order valence-corrected chi connectivity index (χ3v) is 4.17. The molecule has 0 bridgehead atoms. The van der Waals surface area contributed by atoms with Crippen LogP contribution in [0, 0.1) is 5.92 Å². The fourth-order valence-corrected chi connectivity index (χ4v) is 2.77. The minimum Gasteiger partial charge on any atom is -0.350 e. The Morgan fingerprint density at radius 3 is 2.50 bits per heavy atom. The lowest BCUT2D eigenvalue weighted by atomic mass is 10.00. The Morgan fingerprint density at radius 1 is 1.23 bits per heavy atom. The summed E-state index contributed by atoms with van der Waals surface area (Å²) in [5.74, 6) is -2.77. The lowest BCUT2D eigenvalue weighted by Gasteiger charge is -2.22. The molecule has 1 aromatic heterocycles. The molecule has 0 radical (unpaired) electrons. The SMILES string of the molecule is CC(C)Cn1nccc1Cc1ccc(C2=NOC(O)(C(F)(F)F)C2)cc1. The number of rotatable bonds is 5. The molecule has 2 heterocycles. The summed E-state index contributed by atoms with van der Waals surface area (Å²) in [6.07, 6.45) is -3.19. The average Bonchev–Trinajstić information content (AvgIpc) is 3.15. The van der Waals surface area contributed by atoms with E-state index in [1.807, 2.05) is 22.9 Å². The zero-order valence-electron chi connectivity index (χ0n) is 14.5. The van der Waals surface area contributed by atoms with E-state index in [2.05, 4.69) is 28.9 Å². The standard InChI is InChI=1S/C18H20F3N3O2/c1-12(2)11-24-15(7-8-22-24)9-13-3-5-14(6-4-13)16-10-17(25,26-23-16)18(19,20)21/h3-8,12,25H,9-11H2,1-2H3. The van der Waals surface area contributed by atoms with Gasteiger partial charge in [0.25, 0.3) is 0 Å². The lowest BCUT2D eigenvalue weighted by molar-refractivity contribution is -0.355. The molecular formula is C18H20F3N3O2. The van der Waals surface area contributed by atoms with Gasteiger partial charge in [-0.1, -0.05) is 43.3 Å². The highest BCUT2D eigenvalue weighted by Gasteiger charge is 2.60. The van der Waals surface area contributed by atoms with Gasteiger partial charge < -0.3 is 9.94 Å². The van der Waals surface area contributed by atoms with E-state index in [-0.39, 0.29) is 5.71 Å². The monoisotopic (exact) mass is 367 g/mol. The van der Waals surface area contributed by atoms with Crippen molar-refractivity contribution in [3.63, 3.8) is 0 Å². The molecule has 1 aliphatic heterocycles. The Balaban J connectivity index is 1.70. The van der Waals surface area contributed by atoms with Crippen LogP contribution in [0.4, 0.5) is 13.2 Å². The second-order valence-electron chi connectivity index (χ2n) is 6.86. The van der Waals surface area contributed by atoms with Crippen LogP contribution in [0.15, 0.2) is 41.7 Å². The highest BCUT2D eigenvalue weighted by molar-refractivity contribution is 6.01. The molecule has 8 heteroatoms. The molecule has 26 heavy (non-hydrogen) atoms. The minimum absolute atomic E-state index is 0.0706. The summed E-state index contributed by atoms with van der Waals surface area (Å²) < 4.78 is 40.3. The normalized spacial score (nSPS) is 20.3. The first-order chi connectivity index (χ1) is 12.2. The summed E-state index contributed by atoms with van der Waals surface area (Å²) in [5, 5.41) is 17.2. The maximum atomic E-state index is 12.8. The quantitative estimate of drug-likeness (QED) is 0.880. The third-order valence-electron chi connectivity index (χ3n) is 4.17. The van der Waals surface area contributed by atoms with Crippen LogP contribution in [0.3, 0.4) is 0 Å². The van der Waals surface area contributed by atoms with Gasteiger partial charge in [0.2, 0.25) is 0 Å². The van der Waals surface area contributed by atoms with E-state index in [9.17, 15) is 18.3 Å². The van der Waals surface area contributed by atoms with Crippen molar-refractivity contribution in [3.8, 4) is 0 Å². The number of oxime groups is 1.